The van der Waals surface area contributed by atoms with Crippen LogP contribution in [0, 0.1) is 11.6 Å². The predicted octanol–water partition coefficient (Wildman–Crippen LogP) is 3.33. The maximum Gasteiger partial charge on any atom is 0.304 e. The molecule has 8 heteroatoms. The molecule has 1 atom stereocenters. The fourth-order valence-corrected chi connectivity index (χ4v) is 3.72. The highest BCUT2D eigenvalue weighted by Crippen LogP contribution is 2.22. The van der Waals surface area contributed by atoms with Gasteiger partial charge in [0.2, 0.25) is 0 Å². The predicted molar refractivity (Wildman–Crippen MR) is 112 cm³/mol. The Balaban J connectivity index is 1.37. The molecular weight excluding hydrogens is 404 g/mol. The molecular formula is C23H23F2N3O3. The third-order valence-corrected chi connectivity index (χ3v) is 5.45. The van der Waals surface area contributed by atoms with E-state index in [4.69, 9.17) is 9.84 Å². The van der Waals surface area contributed by atoms with Crippen molar-refractivity contribution in [1.29, 1.82) is 0 Å². The van der Waals surface area contributed by atoms with Gasteiger partial charge in [0.1, 0.15) is 18.2 Å². The fraction of sp³-hybridized carbons (Fsp3) is 0.304. The zero-order valence-electron chi connectivity index (χ0n) is 16.9. The van der Waals surface area contributed by atoms with Crippen LogP contribution in [-0.4, -0.2) is 47.5 Å². The molecule has 2 aromatic rings. The van der Waals surface area contributed by atoms with Gasteiger partial charge in [0.25, 0.3) is 0 Å². The number of nitrogens with one attached hydrogen (secondary N) is 1. The van der Waals surface area contributed by atoms with Gasteiger partial charge in [0, 0.05) is 37.0 Å². The Morgan fingerprint density at radius 3 is 2.81 bits per heavy atom. The number of benzene rings is 2. The van der Waals surface area contributed by atoms with E-state index in [2.05, 4.69) is 15.2 Å². The number of hydrogen-bond donors (Lipinski definition) is 2. The Labute approximate surface area is 178 Å². The Morgan fingerprint density at radius 2 is 2.03 bits per heavy atom. The molecule has 1 saturated heterocycles. The van der Waals surface area contributed by atoms with E-state index in [-0.39, 0.29) is 24.6 Å². The molecule has 2 heterocycles. The lowest BCUT2D eigenvalue weighted by Crippen LogP contribution is -2.48. The quantitative estimate of drug-likeness (QED) is 0.709. The summed E-state index contributed by atoms with van der Waals surface area (Å²) in [5.74, 6) is -1.26. The first kappa shape index (κ1) is 21.0. The number of aliphatic carboxylic acids is 1. The van der Waals surface area contributed by atoms with E-state index in [0.29, 0.717) is 18.8 Å². The van der Waals surface area contributed by atoms with Crippen molar-refractivity contribution in [1.82, 2.24) is 10.2 Å². The highest BCUT2D eigenvalue weighted by atomic mass is 19.2. The minimum Gasteiger partial charge on any atom is -0.489 e. The molecule has 2 aliphatic heterocycles. The number of carbonyl (C=O) groups is 1. The van der Waals surface area contributed by atoms with Gasteiger partial charge in [-0.1, -0.05) is 12.1 Å². The summed E-state index contributed by atoms with van der Waals surface area (Å²) in [5.41, 5.74) is 2.21. The van der Waals surface area contributed by atoms with Crippen molar-refractivity contribution in [3.8, 4) is 5.75 Å². The van der Waals surface area contributed by atoms with Gasteiger partial charge < -0.3 is 15.2 Å². The summed E-state index contributed by atoms with van der Waals surface area (Å²) in [6.07, 6.45) is 2.88. The molecule has 2 N–H and O–H groups in total. The molecule has 0 amide bonds. The van der Waals surface area contributed by atoms with Crippen molar-refractivity contribution in [2.24, 2.45) is 4.99 Å². The number of carboxylic acid groups (broad SMARTS) is 1. The monoisotopic (exact) mass is 427 g/mol. The second kappa shape index (κ2) is 9.26. The summed E-state index contributed by atoms with van der Waals surface area (Å²) in [4.78, 5) is 17.4. The van der Waals surface area contributed by atoms with Crippen molar-refractivity contribution >= 4 is 11.8 Å². The van der Waals surface area contributed by atoms with Gasteiger partial charge in [0.05, 0.1) is 12.5 Å². The maximum absolute atomic E-state index is 13.7. The van der Waals surface area contributed by atoms with E-state index in [1.807, 2.05) is 18.3 Å². The number of carboxylic acids is 1. The third kappa shape index (κ3) is 5.08. The zero-order valence-corrected chi connectivity index (χ0v) is 16.9. The SMILES string of the molecule is O=C(O)CCN1CCC2NC(c3ccc(OCc4cccc(F)c4F)cc3)=NC=C2C1. The Kier molecular flexibility index (Phi) is 6.27. The van der Waals surface area contributed by atoms with Crippen LogP contribution < -0.4 is 10.1 Å². The molecule has 0 radical (unpaired) electrons. The average Bonchev–Trinajstić information content (AvgIpc) is 2.78. The average molecular weight is 427 g/mol. The van der Waals surface area contributed by atoms with Crippen molar-refractivity contribution in [2.75, 3.05) is 19.6 Å². The molecule has 162 valence electrons. The van der Waals surface area contributed by atoms with E-state index < -0.39 is 17.6 Å². The van der Waals surface area contributed by atoms with Crippen LogP contribution in [0.2, 0.25) is 0 Å². The number of rotatable bonds is 7. The molecule has 4 rings (SSSR count). The number of nitrogens with zero attached hydrogens (tertiary/aromatic N) is 2. The molecule has 1 fully saturated rings. The van der Waals surface area contributed by atoms with Crippen LogP contribution in [0.5, 0.6) is 5.75 Å². The first-order valence-corrected chi connectivity index (χ1v) is 10.1. The van der Waals surface area contributed by atoms with Gasteiger partial charge in [-0.15, -0.1) is 0 Å². The lowest BCUT2D eigenvalue weighted by atomic mass is 9.97. The number of amidine groups is 1. The topological polar surface area (TPSA) is 74.2 Å². The first-order valence-electron chi connectivity index (χ1n) is 10.1. The molecule has 0 aromatic heterocycles. The van der Waals surface area contributed by atoms with E-state index >= 15 is 0 Å². The van der Waals surface area contributed by atoms with Gasteiger partial charge >= 0.3 is 5.97 Å². The van der Waals surface area contributed by atoms with Crippen LogP contribution >= 0.6 is 0 Å². The van der Waals surface area contributed by atoms with Crippen LogP contribution in [-0.2, 0) is 11.4 Å². The Hall–Kier alpha value is -3.26. The van der Waals surface area contributed by atoms with Crippen molar-refractivity contribution < 1.29 is 23.4 Å². The number of piperidine rings is 1. The van der Waals surface area contributed by atoms with E-state index in [1.54, 1.807) is 12.1 Å². The highest BCUT2D eigenvalue weighted by Gasteiger charge is 2.27. The molecule has 6 nitrogen and oxygen atoms in total. The van der Waals surface area contributed by atoms with Crippen molar-refractivity contribution in [2.45, 2.75) is 25.5 Å². The van der Waals surface area contributed by atoms with Crippen molar-refractivity contribution in [3.05, 3.63) is 77.0 Å². The fourth-order valence-electron chi connectivity index (χ4n) is 3.72. The standard InChI is InChI=1S/C23H23F2N3O3/c24-19-3-1-2-16(22(19)25)14-31-18-6-4-15(5-7-18)23-26-12-17-13-28(11-9-21(29)30)10-8-20(17)27-23/h1-7,12,20H,8-11,13-14H2,(H,26,27)(H,29,30). The summed E-state index contributed by atoms with van der Waals surface area (Å²) < 4.78 is 32.6. The summed E-state index contributed by atoms with van der Waals surface area (Å²) in [6.45, 7) is 2.02. The lowest BCUT2D eigenvalue weighted by Gasteiger charge is -2.36. The molecule has 0 bridgehead atoms. The van der Waals surface area contributed by atoms with E-state index in [1.165, 1.54) is 12.1 Å². The molecule has 31 heavy (non-hydrogen) atoms. The molecule has 0 spiro atoms. The van der Waals surface area contributed by atoms with Gasteiger partial charge in [0.15, 0.2) is 11.6 Å². The molecule has 0 saturated carbocycles. The second-order valence-corrected chi connectivity index (χ2v) is 7.61. The van der Waals surface area contributed by atoms with Gasteiger partial charge in [-0.05, 0) is 42.3 Å². The molecule has 2 aromatic carbocycles. The highest BCUT2D eigenvalue weighted by molar-refractivity contribution is 6.00. The number of likely N-dealkylation sites (tertiary alicyclic amines) is 1. The zero-order chi connectivity index (χ0) is 21.8. The maximum atomic E-state index is 13.7. The summed E-state index contributed by atoms with van der Waals surface area (Å²) >= 11 is 0. The summed E-state index contributed by atoms with van der Waals surface area (Å²) in [7, 11) is 0. The van der Waals surface area contributed by atoms with Gasteiger partial charge in [-0.3, -0.25) is 9.69 Å². The summed E-state index contributed by atoms with van der Waals surface area (Å²) in [5, 5.41) is 12.3. The Bertz CT molecular complexity index is 1020. The number of hydrogen-bond acceptors (Lipinski definition) is 5. The van der Waals surface area contributed by atoms with E-state index in [9.17, 15) is 13.6 Å². The molecule has 1 unspecified atom stereocenters. The molecule has 2 aliphatic rings. The normalized spacial score (nSPS) is 18.5. The van der Waals surface area contributed by atoms with Crippen LogP contribution in [0.3, 0.4) is 0 Å². The van der Waals surface area contributed by atoms with Crippen LogP contribution in [0.25, 0.3) is 0 Å². The number of aliphatic imine (C=N–C) groups is 1. The lowest BCUT2D eigenvalue weighted by molar-refractivity contribution is -0.137. The largest absolute Gasteiger partial charge is 0.489 e. The van der Waals surface area contributed by atoms with Gasteiger partial charge in [-0.2, -0.15) is 0 Å². The van der Waals surface area contributed by atoms with Crippen LogP contribution in [0.1, 0.15) is 24.0 Å². The second-order valence-electron chi connectivity index (χ2n) is 7.61. The number of ether oxygens (including phenoxy) is 1. The molecule has 0 aliphatic carbocycles. The first-order chi connectivity index (χ1) is 15.0. The van der Waals surface area contributed by atoms with E-state index in [0.717, 1.165) is 36.0 Å². The third-order valence-electron chi connectivity index (χ3n) is 5.45. The van der Waals surface area contributed by atoms with Crippen molar-refractivity contribution in [3.63, 3.8) is 0 Å². The smallest absolute Gasteiger partial charge is 0.304 e. The number of fused-ring (bicyclic) bond motifs is 1. The van der Waals surface area contributed by atoms with Crippen LogP contribution in [0.15, 0.2) is 59.2 Å². The van der Waals surface area contributed by atoms with Crippen LogP contribution in [0.4, 0.5) is 8.78 Å². The minimum absolute atomic E-state index is 0.0608. The van der Waals surface area contributed by atoms with Gasteiger partial charge in [-0.25, -0.2) is 13.8 Å². The minimum atomic E-state index is -0.892. The Morgan fingerprint density at radius 1 is 1.23 bits per heavy atom. The summed E-state index contributed by atoms with van der Waals surface area (Å²) in [6, 6.07) is 11.5. The number of halogens is 2.